The Morgan fingerprint density at radius 2 is 1.74 bits per heavy atom. The van der Waals surface area contributed by atoms with Crippen LogP contribution in [0.3, 0.4) is 0 Å². The zero-order valence-electron chi connectivity index (χ0n) is 14.7. The summed E-state index contributed by atoms with van der Waals surface area (Å²) < 4.78 is 2.47. The van der Waals surface area contributed by atoms with Crippen molar-refractivity contribution in [3.05, 3.63) is 34.2 Å². The van der Waals surface area contributed by atoms with E-state index >= 15 is 0 Å². The molecule has 1 aromatic carbocycles. The molecule has 128 valence electrons. The minimum absolute atomic E-state index is 0.0258. The highest BCUT2D eigenvalue weighted by molar-refractivity contribution is 8.15. The molecule has 1 saturated heterocycles. The van der Waals surface area contributed by atoms with Crippen LogP contribution in [0.25, 0.3) is 6.08 Å². The van der Waals surface area contributed by atoms with Crippen molar-refractivity contribution in [3.8, 4) is 0 Å². The molecule has 0 bridgehead atoms. The summed E-state index contributed by atoms with van der Waals surface area (Å²) in [5.74, 6) is 0. The average Bonchev–Trinajstić information content (AvgIpc) is 2.50. The number of hydrogen-bond acceptors (Lipinski definition) is 4. The molecule has 0 radical (unpaired) electrons. The molecule has 0 aliphatic carbocycles. The Morgan fingerprint density at radius 3 is 2.22 bits per heavy atom. The maximum atomic E-state index is 6.03. The molecule has 1 aliphatic heterocycles. The van der Waals surface area contributed by atoms with Crippen LogP contribution >= 0.6 is 10.7 Å². The van der Waals surface area contributed by atoms with Gasteiger partial charge in [0, 0.05) is 25.8 Å². The third kappa shape index (κ3) is 4.67. The lowest BCUT2D eigenvalue weighted by molar-refractivity contribution is 0.255. The van der Waals surface area contributed by atoms with Crippen molar-refractivity contribution in [1.82, 2.24) is 4.31 Å². The van der Waals surface area contributed by atoms with Crippen LogP contribution < -0.4 is 16.8 Å². The SMILES string of the molecule is CC=S(/C=C/c1c(C)cc(NC)cc1C)N1CCC(N)(N)CC1. The van der Waals surface area contributed by atoms with Gasteiger partial charge in [0.2, 0.25) is 0 Å². The van der Waals surface area contributed by atoms with Gasteiger partial charge in [0.05, 0.1) is 5.66 Å². The van der Waals surface area contributed by atoms with Crippen LogP contribution in [0.5, 0.6) is 0 Å². The van der Waals surface area contributed by atoms with Crippen LogP contribution in [-0.2, 0) is 0 Å². The fourth-order valence-electron chi connectivity index (χ4n) is 2.95. The van der Waals surface area contributed by atoms with Gasteiger partial charge >= 0.3 is 0 Å². The van der Waals surface area contributed by atoms with Gasteiger partial charge in [-0.05, 0) is 79.3 Å². The normalized spacial score (nSPS) is 20.1. The number of benzene rings is 1. The van der Waals surface area contributed by atoms with Crippen molar-refractivity contribution in [3.63, 3.8) is 0 Å². The predicted octanol–water partition coefficient (Wildman–Crippen LogP) is 3.03. The molecule has 5 heteroatoms. The lowest BCUT2D eigenvalue weighted by Gasteiger charge is -2.37. The zero-order valence-corrected chi connectivity index (χ0v) is 15.5. The summed E-state index contributed by atoms with van der Waals surface area (Å²) in [5, 5.41) is 7.79. The second-order valence-electron chi connectivity index (χ2n) is 6.32. The highest BCUT2D eigenvalue weighted by Gasteiger charge is 2.26. The van der Waals surface area contributed by atoms with E-state index in [1.807, 2.05) is 7.05 Å². The third-order valence-corrected chi connectivity index (χ3v) is 6.31. The van der Waals surface area contributed by atoms with Gasteiger partial charge in [0.15, 0.2) is 0 Å². The molecule has 0 aromatic heterocycles. The van der Waals surface area contributed by atoms with Crippen LogP contribution in [0, 0.1) is 13.8 Å². The number of nitrogens with zero attached hydrogens (tertiary/aromatic N) is 1. The van der Waals surface area contributed by atoms with E-state index in [1.165, 1.54) is 16.7 Å². The lowest BCUT2D eigenvalue weighted by Crippen LogP contribution is -2.55. The minimum atomic E-state index is -0.487. The zero-order chi connectivity index (χ0) is 17.0. The van der Waals surface area contributed by atoms with Crippen molar-refractivity contribution in [2.24, 2.45) is 11.5 Å². The second kappa shape index (κ2) is 7.62. The van der Waals surface area contributed by atoms with Crippen LogP contribution in [0.2, 0.25) is 0 Å². The number of piperidine rings is 1. The maximum absolute atomic E-state index is 6.03. The largest absolute Gasteiger partial charge is 0.388 e. The van der Waals surface area contributed by atoms with Crippen molar-refractivity contribution in [1.29, 1.82) is 0 Å². The first-order valence-corrected chi connectivity index (χ1v) is 9.48. The van der Waals surface area contributed by atoms with Crippen LogP contribution in [-0.4, -0.2) is 35.5 Å². The molecule has 2 rings (SSSR count). The van der Waals surface area contributed by atoms with Crippen LogP contribution in [0.4, 0.5) is 5.69 Å². The van der Waals surface area contributed by atoms with Crippen molar-refractivity contribution >= 4 is 27.8 Å². The van der Waals surface area contributed by atoms with E-state index in [2.05, 4.69) is 59.4 Å². The summed E-state index contributed by atoms with van der Waals surface area (Å²) >= 11 is 0. The molecule has 23 heavy (non-hydrogen) atoms. The van der Waals surface area contributed by atoms with E-state index in [1.54, 1.807) is 0 Å². The summed E-state index contributed by atoms with van der Waals surface area (Å²) in [6, 6.07) is 4.39. The molecular weight excluding hydrogens is 304 g/mol. The summed E-state index contributed by atoms with van der Waals surface area (Å²) in [4.78, 5) is 0. The summed E-state index contributed by atoms with van der Waals surface area (Å²) in [6.07, 6.45) is 3.97. The number of nitrogens with one attached hydrogen (secondary N) is 1. The Labute approximate surface area is 143 Å². The Kier molecular flexibility index (Phi) is 6.03. The highest BCUT2D eigenvalue weighted by Crippen LogP contribution is 2.29. The smallest absolute Gasteiger partial charge is 0.0662 e. The molecule has 0 amide bonds. The van der Waals surface area contributed by atoms with Gasteiger partial charge in [0.1, 0.15) is 0 Å². The average molecular weight is 335 g/mol. The molecule has 0 saturated carbocycles. The molecule has 4 nitrogen and oxygen atoms in total. The topological polar surface area (TPSA) is 67.3 Å². The summed E-state index contributed by atoms with van der Waals surface area (Å²) in [5.41, 5.74) is 16.7. The molecule has 1 heterocycles. The van der Waals surface area contributed by atoms with Gasteiger partial charge in [-0.2, -0.15) is 0 Å². The first-order chi connectivity index (χ1) is 10.9. The molecular formula is C18H30N4S. The van der Waals surface area contributed by atoms with Gasteiger partial charge < -0.3 is 16.8 Å². The number of anilines is 1. The van der Waals surface area contributed by atoms with Crippen molar-refractivity contribution in [2.75, 3.05) is 25.5 Å². The van der Waals surface area contributed by atoms with E-state index in [9.17, 15) is 0 Å². The monoisotopic (exact) mass is 334 g/mol. The van der Waals surface area contributed by atoms with Gasteiger partial charge in [0.25, 0.3) is 0 Å². The van der Waals surface area contributed by atoms with E-state index in [-0.39, 0.29) is 10.7 Å². The molecule has 1 atom stereocenters. The molecule has 1 unspecified atom stereocenters. The second-order valence-corrected chi connectivity index (χ2v) is 8.28. The van der Waals surface area contributed by atoms with E-state index in [0.29, 0.717) is 0 Å². The number of aryl methyl sites for hydroxylation is 2. The first-order valence-electron chi connectivity index (χ1n) is 8.17. The van der Waals surface area contributed by atoms with Crippen molar-refractivity contribution < 1.29 is 0 Å². The maximum Gasteiger partial charge on any atom is 0.0662 e. The van der Waals surface area contributed by atoms with E-state index < -0.39 is 5.66 Å². The van der Waals surface area contributed by atoms with E-state index in [4.69, 9.17) is 11.5 Å². The highest BCUT2D eigenvalue weighted by atomic mass is 32.2. The van der Waals surface area contributed by atoms with Crippen molar-refractivity contribution in [2.45, 2.75) is 39.3 Å². The Balaban J connectivity index is 2.15. The van der Waals surface area contributed by atoms with Gasteiger partial charge in [-0.1, -0.05) is 10.7 Å². The van der Waals surface area contributed by atoms with Crippen LogP contribution in [0.15, 0.2) is 17.5 Å². The summed E-state index contributed by atoms with van der Waals surface area (Å²) in [6.45, 7) is 8.38. The Hall–Kier alpha value is -1.14. The first kappa shape index (κ1) is 18.2. The number of rotatable bonds is 4. The molecule has 0 spiro atoms. The summed E-state index contributed by atoms with van der Waals surface area (Å²) in [7, 11) is 1.98. The van der Waals surface area contributed by atoms with Gasteiger partial charge in [-0.25, -0.2) is 0 Å². The van der Waals surface area contributed by atoms with Crippen LogP contribution in [0.1, 0.15) is 36.5 Å². The quantitative estimate of drug-likeness (QED) is 0.585. The fraction of sp³-hybridized carbons (Fsp3) is 0.500. The number of hydrogen-bond donors (Lipinski definition) is 3. The molecule has 1 aliphatic rings. The third-order valence-electron chi connectivity index (χ3n) is 4.45. The fourth-order valence-corrected chi connectivity index (χ4v) is 4.45. The van der Waals surface area contributed by atoms with Gasteiger partial charge in [-0.3, -0.25) is 4.31 Å². The lowest BCUT2D eigenvalue weighted by atomic mass is 10.0. The standard InChI is InChI=1S/C18H30N4S/c1-5-23(22-9-7-18(19,20)8-10-22)11-6-17-14(2)12-16(21-4)13-15(17)3/h5-6,11-13,21H,7-10,19-20H2,1-4H3/b11-6+. The molecule has 5 N–H and O–H groups in total. The van der Waals surface area contributed by atoms with Gasteiger partial charge in [-0.15, -0.1) is 0 Å². The number of nitrogens with two attached hydrogens (primary N) is 2. The predicted molar refractivity (Wildman–Crippen MR) is 106 cm³/mol. The Morgan fingerprint density at radius 1 is 1.17 bits per heavy atom. The van der Waals surface area contributed by atoms with E-state index in [0.717, 1.165) is 31.6 Å². The Bertz CT molecular complexity index is 586. The molecule has 1 fully saturated rings. The molecule has 1 aromatic rings. The minimum Gasteiger partial charge on any atom is -0.388 e.